The SMILES string of the molecule is Cc1cc(C(C)(C)C)cc(C)c1-c1cc2c3ccccc3cc3c4c(-c5ccccc5)c5c(cc6c7c(-c8ccccc8)ccc(-c8ccccc8)c7c7cccc5c76)c(-c5ccccc5)c4c(c1)c23. The molecule has 330 valence electrons. The third-order valence-electron chi connectivity index (χ3n) is 15.7. The Balaban J connectivity index is 1.27. The summed E-state index contributed by atoms with van der Waals surface area (Å²) in [6.45, 7) is 11.6. The number of aryl methyl sites for hydroxylation is 2. The highest BCUT2D eigenvalue weighted by molar-refractivity contribution is 6.47. The summed E-state index contributed by atoms with van der Waals surface area (Å²) in [5, 5.41) is 20.9. The molecule has 0 fully saturated rings. The number of hydrogen-bond acceptors (Lipinski definition) is 0. The number of benzene rings is 12. The Kier molecular flexibility index (Phi) is 8.78. The summed E-state index contributed by atoms with van der Waals surface area (Å²) in [6, 6.07) is 80.5. The van der Waals surface area contributed by atoms with E-state index in [0.29, 0.717) is 0 Å². The summed E-state index contributed by atoms with van der Waals surface area (Å²) >= 11 is 0. The summed E-state index contributed by atoms with van der Waals surface area (Å²) in [7, 11) is 0. The predicted octanol–water partition coefficient (Wildman–Crippen LogP) is 20.0. The molecule has 0 nitrogen and oxygen atoms in total. The standard InChI is InChI=1S/C70H50/c1-41-35-49(70(3,4)5)36-42(2)60(41)48-38-55-50-30-19-18-29-47(50)37-56-64(55)57(39-48)68-61(45-25-14-8-15-26-45)58-40-59-63-53(31-20-32-54(63)67(58)62(69(56)68)46-27-16-9-17-28-46)65-51(43-21-10-6-11-22-43)33-34-52(66(59)65)44-23-12-7-13-24-44/h6-40H,1-5H3. The molecule has 0 saturated heterocycles. The molecule has 0 aromatic heterocycles. The van der Waals surface area contributed by atoms with E-state index in [4.69, 9.17) is 0 Å². The molecule has 0 bridgehead atoms. The molecule has 14 rings (SSSR count). The highest BCUT2D eigenvalue weighted by Crippen LogP contribution is 2.57. The molecule has 0 aliphatic carbocycles. The van der Waals surface area contributed by atoms with Crippen LogP contribution in [0.25, 0.3) is 142 Å². The second-order valence-electron chi connectivity index (χ2n) is 20.8. The molecule has 0 aliphatic heterocycles. The van der Waals surface area contributed by atoms with Crippen LogP contribution in [0.3, 0.4) is 0 Å². The van der Waals surface area contributed by atoms with Gasteiger partial charge in [0, 0.05) is 0 Å². The van der Waals surface area contributed by atoms with Crippen molar-refractivity contribution in [2.75, 3.05) is 0 Å². The summed E-state index contributed by atoms with van der Waals surface area (Å²) in [4.78, 5) is 0. The maximum absolute atomic E-state index is 2.60. The van der Waals surface area contributed by atoms with Crippen molar-refractivity contribution >= 4 is 86.2 Å². The molecule has 70 heavy (non-hydrogen) atoms. The van der Waals surface area contributed by atoms with Gasteiger partial charge in [-0.25, -0.2) is 0 Å². The van der Waals surface area contributed by atoms with Gasteiger partial charge in [0.15, 0.2) is 0 Å². The maximum Gasteiger partial charge on any atom is -0.000697 e. The van der Waals surface area contributed by atoms with Crippen LogP contribution in [-0.4, -0.2) is 0 Å². The van der Waals surface area contributed by atoms with Crippen molar-refractivity contribution in [1.29, 1.82) is 0 Å². The zero-order valence-corrected chi connectivity index (χ0v) is 40.2. The van der Waals surface area contributed by atoms with Crippen LogP contribution in [0, 0.1) is 13.8 Å². The van der Waals surface area contributed by atoms with Gasteiger partial charge in [-0.1, -0.05) is 209 Å². The molecule has 0 spiro atoms. The van der Waals surface area contributed by atoms with Gasteiger partial charge in [-0.15, -0.1) is 0 Å². The van der Waals surface area contributed by atoms with Gasteiger partial charge >= 0.3 is 0 Å². The molecule has 0 aliphatic rings. The Morgan fingerprint density at radius 2 is 0.700 bits per heavy atom. The monoisotopic (exact) mass is 890 g/mol. The molecule has 14 aromatic carbocycles. The highest BCUT2D eigenvalue weighted by Gasteiger charge is 2.29. The minimum Gasteiger partial charge on any atom is -0.0622 e. The third kappa shape index (κ3) is 5.83. The molecule has 0 heterocycles. The van der Waals surface area contributed by atoms with E-state index in [-0.39, 0.29) is 5.41 Å². The fraction of sp³-hybridized carbons (Fsp3) is 0.0857. The molecule has 0 amide bonds. The Morgan fingerprint density at radius 3 is 1.30 bits per heavy atom. The molecule has 14 aromatic rings. The minimum absolute atomic E-state index is 0.0474. The summed E-state index contributed by atoms with van der Waals surface area (Å²) in [5.41, 5.74) is 16.7. The Morgan fingerprint density at radius 1 is 0.257 bits per heavy atom. The summed E-state index contributed by atoms with van der Waals surface area (Å²) in [5.74, 6) is 0. The van der Waals surface area contributed by atoms with Crippen molar-refractivity contribution in [3.63, 3.8) is 0 Å². The van der Waals surface area contributed by atoms with Crippen LogP contribution >= 0.6 is 0 Å². The van der Waals surface area contributed by atoms with Gasteiger partial charge in [-0.3, -0.25) is 0 Å². The lowest BCUT2D eigenvalue weighted by molar-refractivity contribution is 0.589. The van der Waals surface area contributed by atoms with Gasteiger partial charge in [0.1, 0.15) is 0 Å². The predicted molar refractivity (Wildman–Crippen MR) is 304 cm³/mol. The van der Waals surface area contributed by atoms with Crippen molar-refractivity contribution in [3.05, 3.63) is 229 Å². The van der Waals surface area contributed by atoms with E-state index in [2.05, 4.69) is 247 Å². The lowest BCUT2D eigenvalue weighted by atomic mass is 9.82. The number of hydrogen-bond donors (Lipinski definition) is 0. The molecule has 0 unspecified atom stereocenters. The van der Waals surface area contributed by atoms with Gasteiger partial charge in [0.2, 0.25) is 0 Å². The van der Waals surface area contributed by atoms with E-state index < -0.39 is 0 Å². The first-order valence-electron chi connectivity index (χ1n) is 24.8. The second-order valence-corrected chi connectivity index (χ2v) is 20.8. The summed E-state index contributed by atoms with van der Waals surface area (Å²) in [6.07, 6.45) is 0. The van der Waals surface area contributed by atoms with Crippen molar-refractivity contribution in [2.24, 2.45) is 0 Å². The first-order chi connectivity index (χ1) is 34.2. The van der Waals surface area contributed by atoms with Gasteiger partial charge in [-0.05, 0) is 202 Å². The molecule has 0 heteroatoms. The second kappa shape index (κ2) is 15.1. The van der Waals surface area contributed by atoms with Crippen LogP contribution in [0.15, 0.2) is 212 Å². The lowest BCUT2D eigenvalue weighted by Gasteiger charge is -2.23. The molecular weight excluding hydrogens is 841 g/mol. The fourth-order valence-electron chi connectivity index (χ4n) is 12.7. The van der Waals surface area contributed by atoms with Crippen molar-refractivity contribution < 1.29 is 0 Å². The van der Waals surface area contributed by atoms with E-state index in [1.54, 1.807) is 0 Å². The average Bonchev–Trinajstić information content (AvgIpc) is 3.89. The highest BCUT2D eigenvalue weighted by atomic mass is 14.3. The Bertz CT molecular complexity index is 4380. The largest absolute Gasteiger partial charge is 0.0622 e. The number of rotatable bonds is 5. The van der Waals surface area contributed by atoms with Gasteiger partial charge in [-0.2, -0.15) is 0 Å². The van der Waals surface area contributed by atoms with Crippen molar-refractivity contribution in [1.82, 2.24) is 0 Å². The Labute approximate surface area is 408 Å². The number of fused-ring (bicyclic) bond motifs is 10. The first kappa shape index (κ1) is 40.7. The van der Waals surface area contributed by atoms with Crippen LogP contribution in [0.2, 0.25) is 0 Å². The van der Waals surface area contributed by atoms with Crippen LogP contribution in [0.5, 0.6) is 0 Å². The van der Waals surface area contributed by atoms with Crippen molar-refractivity contribution in [3.8, 4) is 55.6 Å². The summed E-state index contributed by atoms with van der Waals surface area (Å²) < 4.78 is 0. The smallest absolute Gasteiger partial charge is 0.000697 e. The first-order valence-corrected chi connectivity index (χ1v) is 24.8. The molecular formula is C70H50. The molecule has 0 saturated carbocycles. The third-order valence-corrected chi connectivity index (χ3v) is 15.7. The van der Waals surface area contributed by atoms with Crippen LogP contribution in [0.4, 0.5) is 0 Å². The van der Waals surface area contributed by atoms with Gasteiger partial charge in [0.25, 0.3) is 0 Å². The van der Waals surface area contributed by atoms with E-state index in [1.807, 2.05) is 0 Å². The topological polar surface area (TPSA) is 0 Å². The lowest BCUT2D eigenvalue weighted by Crippen LogP contribution is -2.12. The van der Waals surface area contributed by atoms with Crippen LogP contribution in [-0.2, 0) is 5.41 Å². The Hall–Kier alpha value is -8.32. The minimum atomic E-state index is 0.0474. The maximum atomic E-state index is 2.60. The average molecular weight is 891 g/mol. The fourth-order valence-corrected chi connectivity index (χ4v) is 12.7. The zero-order chi connectivity index (χ0) is 47.0. The van der Waals surface area contributed by atoms with E-state index in [0.717, 1.165) is 0 Å². The molecule has 0 atom stereocenters. The quantitative estimate of drug-likeness (QED) is 0.151. The van der Waals surface area contributed by atoms with Crippen LogP contribution in [0.1, 0.15) is 37.5 Å². The van der Waals surface area contributed by atoms with Gasteiger partial charge in [0.05, 0.1) is 0 Å². The normalized spacial score (nSPS) is 12.4. The molecule has 0 radical (unpaired) electrons. The molecule has 0 N–H and O–H groups in total. The van der Waals surface area contributed by atoms with E-state index in [9.17, 15) is 0 Å². The van der Waals surface area contributed by atoms with Crippen molar-refractivity contribution in [2.45, 2.75) is 40.0 Å². The van der Waals surface area contributed by atoms with Gasteiger partial charge < -0.3 is 0 Å². The van der Waals surface area contributed by atoms with Crippen LogP contribution < -0.4 is 0 Å². The van der Waals surface area contributed by atoms with E-state index in [1.165, 1.54) is 159 Å². The van der Waals surface area contributed by atoms with E-state index >= 15 is 0 Å². The zero-order valence-electron chi connectivity index (χ0n) is 40.2.